The van der Waals surface area contributed by atoms with E-state index >= 15 is 0 Å². The van der Waals surface area contributed by atoms with Gasteiger partial charge in [-0.1, -0.05) is 42.5 Å². The van der Waals surface area contributed by atoms with Gasteiger partial charge in [-0.3, -0.25) is 9.78 Å². The fraction of sp³-hybridized carbons (Fsp3) is 0.100. The number of anilines is 2. The molecule has 1 unspecified atom stereocenters. The number of hydrogen-bond acceptors (Lipinski definition) is 3. The maximum atomic E-state index is 13.0. The summed E-state index contributed by atoms with van der Waals surface area (Å²) < 4.78 is 0. The predicted octanol–water partition coefficient (Wildman–Crippen LogP) is 3.90. The third kappa shape index (κ3) is 2.63. The topological polar surface area (TPSA) is 45.2 Å². The van der Waals surface area contributed by atoms with E-state index in [0.29, 0.717) is 12.1 Å². The van der Waals surface area contributed by atoms with Crippen molar-refractivity contribution in [2.75, 3.05) is 16.8 Å². The molecular formula is C20H17N3O. The lowest BCUT2D eigenvalue weighted by Crippen LogP contribution is -2.40. The van der Waals surface area contributed by atoms with Gasteiger partial charge in [0.1, 0.15) is 0 Å². The molecule has 0 aliphatic carbocycles. The number of carbonyl (C=O) groups excluding carboxylic acids is 1. The van der Waals surface area contributed by atoms with Crippen LogP contribution in [0.5, 0.6) is 0 Å². The molecule has 24 heavy (non-hydrogen) atoms. The van der Waals surface area contributed by atoms with Gasteiger partial charge in [-0.25, -0.2) is 0 Å². The van der Waals surface area contributed by atoms with Gasteiger partial charge >= 0.3 is 0 Å². The second-order valence-electron chi connectivity index (χ2n) is 5.78. The van der Waals surface area contributed by atoms with Crippen LogP contribution in [-0.2, 0) is 0 Å². The van der Waals surface area contributed by atoms with Crippen LogP contribution in [0.3, 0.4) is 0 Å². The van der Waals surface area contributed by atoms with Crippen molar-refractivity contribution in [3.8, 4) is 0 Å². The molecule has 0 spiro atoms. The lowest BCUT2D eigenvalue weighted by molar-refractivity contribution is 0.0985. The number of para-hydroxylation sites is 2. The summed E-state index contributed by atoms with van der Waals surface area (Å²) in [6.07, 6.45) is 3.30. The summed E-state index contributed by atoms with van der Waals surface area (Å²) in [5, 5.41) is 3.54. The van der Waals surface area contributed by atoms with Gasteiger partial charge in [0.05, 0.1) is 24.0 Å². The predicted molar refractivity (Wildman–Crippen MR) is 95.2 cm³/mol. The highest BCUT2D eigenvalue weighted by Crippen LogP contribution is 2.36. The van der Waals surface area contributed by atoms with Gasteiger partial charge in [0.25, 0.3) is 5.91 Å². The molecule has 0 bridgehead atoms. The molecule has 1 aliphatic heterocycles. The number of carbonyl (C=O) groups is 1. The molecule has 4 heteroatoms. The zero-order valence-electron chi connectivity index (χ0n) is 13.1. The Kier molecular flexibility index (Phi) is 3.71. The number of aromatic nitrogens is 1. The Hall–Kier alpha value is -3.14. The van der Waals surface area contributed by atoms with Crippen LogP contribution >= 0.6 is 0 Å². The average Bonchev–Trinajstić information content (AvgIpc) is 2.68. The van der Waals surface area contributed by atoms with Crippen LogP contribution in [0.4, 0.5) is 11.4 Å². The van der Waals surface area contributed by atoms with E-state index in [1.165, 1.54) is 5.56 Å². The Labute approximate surface area is 140 Å². The number of fused-ring (bicyclic) bond motifs is 1. The summed E-state index contributed by atoms with van der Waals surface area (Å²) in [5.41, 5.74) is 3.69. The van der Waals surface area contributed by atoms with Gasteiger partial charge < -0.3 is 10.2 Å². The highest BCUT2D eigenvalue weighted by Gasteiger charge is 2.29. The lowest BCUT2D eigenvalue weighted by atomic mass is 10.0. The molecule has 0 saturated carbocycles. The molecule has 4 rings (SSSR count). The number of nitrogens with zero attached hydrogens (tertiary/aromatic N) is 2. The summed E-state index contributed by atoms with van der Waals surface area (Å²) >= 11 is 0. The van der Waals surface area contributed by atoms with Gasteiger partial charge in [0, 0.05) is 18.0 Å². The number of pyridine rings is 1. The molecule has 2 heterocycles. The van der Waals surface area contributed by atoms with E-state index in [0.717, 1.165) is 11.4 Å². The van der Waals surface area contributed by atoms with E-state index in [2.05, 4.69) is 22.4 Å². The van der Waals surface area contributed by atoms with Gasteiger partial charge in [-0.2, -0.15) is 0 Å². The minimum absolute atomic E-state index is 0.00715. The fourth-order valence-electron chi connectivity index (χ4n) is 3.06. The largest absolute Gasteiger partial charge is 0.375 e. The van der Waals surface area contributed by atoms with Gasteiger partial charge in [-0.05, 0) is 29.8 Å². The summed E-state index contributed by atoms with van der Waals surface area (Å²) in [7, 11) is 0. The molecule has 3 aromatic rings. The van der Waals surface area contributed by atoms with Gasteiger partial charge in [0.15, 0.2) is 0 Å². The maximum Gasteiger partial charge on any atom is 0.258 e. The molecule has 0 fully saturated rings. The van der Waals surface area contributed by atoms with Crippen LogP contribution in [0.25, 0.3) is 0 Å². The Morgan fingerprint density at radius 3 is 2.46 bits per heavy atom. The van der Waals surface area contributed by atoms with Crippen molar-refractivity contribution < 1.29 is 4.79 Å². The first-order chi connectivity index (χ1) is 11.8. The quantitative estimate of drug-likeness (QED) is 0.780. The van der Waals surface area contributed by atoms with E-state index in [1.807, 2.05) is 47.4 Å². The molecule has 0 saturated heterocycles. The summed E-state index contributed by atoms with van der Waals surface area (Å²) in [5.74, 6) is -0.00715. The van der Waals surface area contributed by atoms with Crippen LogP contribution < -0.4 is 10.2 Å². The number of rotatable bonds is 2. The first-order valence-corrected chi connectivity index (χ1v) is 7.95. The second-order valence-corrected chi connectivity index (χ2v) is 5.78. The third-order valence-corrected chi connectivity index (χ3v) is 4.26. The fourth-order valence-corrected chi connectivity index (χ4v) is 3.06. The number of nitrogens with one attached hydrogen (secondary N) is 1. The first kappa shape index (κ1) is 14.5. The summed E-state index contributed by atoms with van der Waals surface area (Å²) in [6, 6.07) is 21.7. The zero-order chi connectivity index (χ0) is 16.4. The average molecular weight is 315 g/mol. The van der Waals surface area contributed by atoms with E-state index in [1.54, 1.807) is 24.5 Å². The Balaban J connectivity index is 1.73. The van der Waals surface area contributed by atoms with E-state index in [9.17, 15) is 4.79 Å². The Morgan fingerprint density at radius 1 is 0.958 bits per heavy atom. The van der Waals surface area contributed by atoms with Crippen LogP contribution in [0.1, 0.15) is 22.0 Å². The highest BCUT2D eigenvalue weighted by molar-refractivity contribution is 6.08. The molecule has 1 aromatic heterocycles. The minimum Gasteiger partial charge on any atom is -0.375 e. The molecule has 118 valence electrons. The molecule has 1 amide bonds. The van der Waals surface area contributed by atoms with Crippen molar-refractivity contribution >= 4 is 17.3 Å². The molecule has 0 radical (unpaired) electrons. The molecule has 2 aromatic carbocycles. The molecule has 1 atom stereocenters. The molecule has 1 aliphatic rings. The van der Waals surface area contributed by atoms with Crippen LogP contribution in [-0.4, -0.2) is 17.4 Å². The van der Waals surface area contributed by atoms with E-state index in [4.69, 9.17) is 0 Å². The van der Waals surface area contributed by atoms with Crippen molar-refractivity contribution in [3.63, 3.8) is 0 Å². The van der Waals surface area contributed by atoms with E-state index < -0.39 is 0 Å². The van der Waals surface area contributed by atoms with Crippen molar-refractivity contribution in [1.82, 2.24) is 4.98 Å². The Morgan fingerprint density at radius 2 is 1.67 bits per heavy atom. The van der Waals surface area contributed by atoms with Crippen LogP contribution in [0, 0.1) is 0 Å². The SMILES string of the molecule is O=C(c1ccncc1)N1CC(c2ccccc2)Nc2ccccc21. The third-order valence-electron chi connectivity index (χ3n) is 4.26. The van der Waals surface area contributed by atoms with Crippen molar-refractivity contribution in [2.45, 2.75) is 6.04 Å². The number of amides is 1. The molecule has 4 nitrogen and oxygen atoms in total. The first-order valence-electron chi connectivity index (χ1n) is 7.95. The zero-order valence-corrected chi connectivity index (χ0v) is 13.1. The monoisotopic (exact) mass is 315 g/mol. The smallest absolute Gasteiger partial charge is 0.258 e. The number of benzene rings is 2. The standard InChI is InChI=1S/C20H17N3O/c24-20(16-10-12-21-13-11-16)23-14-18(15-6-2-1-3-7-15)22-17-8-4-5-9-19(17)23/h1-13,18,22H,14H2. The van der Waals surface area contributed by atoms with Gasteiger partial charge in [0.2, 0.25) is 0 Å². The molecule has 1 N–H and O–H groups in total. The van der Waals surface area contributed by atoms with Crippen LogP contribution in [0.15, 0.2) is 79.1 Å². The lowest BCUT2D eigenvalue weighted by Gasteiger charge is -2.36. The van der Waals surface area contributed by atoms with Crippen LogP contribution in [0.2, 0.25) is 0 Å². The second kappa shape index (κ2) is 6.16. The molecular weight excluding hydrogens is 298 g/mol. The highest BCUT2D eigenvalue weighted by atomic mass is 16.2. The van der Waals surface area contributed by atoms with Gasteiger partial charge in [-0.15, -0.1) is 0 Å². The van der Waals surface area contributed by atoms with E-state index in [-0.39, 0.29) is 11.9 Å². The normalized spacial score (nSPS) is 16.2. The van der Waals surface area contributed by atoms with Crippen molar-refractivity contribution in [1.29, 1.82) is 0 Å². The summed E-state index contributed by atoms with van der Waals surface area (Å²) in [6.45, 7) is 0.585. The Bertz CT molecular complexity index is 849. The maximum absolute atomic E-state index is 13.0. The van der Waals surface area contributed by atoms with Crippen molar-refractivity contribution in [2.24, 2.45) is 0 Å². The summed E-state index contributed by atoms with van der Waals surface area (Å²) in [4.78, 5) is 18.9. The van der Waals surface area contributed by atoms with Crippen molar-refractivity contribution in [3.05, 3.63) is 90.3 Å². The number of hydrogen-bond donors (Lipinski definition) is 1. The minimum atomic E-state index is -0.00715.